The molecule has 4 rings (SSSR count). The number of Topliss-reactive ketones (excluding diaryl/α,β-unsaturated/α-hetero) is 1. The fourth-order valence-corrected chi connectivity index (χ4v) is 6.54. The minimum atomic E-state index is -1.01. The Labute approximate surface area is 270 Å². The number of rotatable bonds is 13. The standard InChI is InChI=1S/C33H49N7O6/c1-7-9-22(26(41)31(45)36-20-12-13-20)37-30(44)25-21-11-8-10-19(21)17-40(25)32(46)27(33(4,5)6)39-29(43)24(18(2)3)38-28(42)23-16-34-14-15-35-23/h14-16,18-22,24-25,27H,7-13,17H2,1-6H3,(H,36,45)(H,37,44)(H,38,42)(H,39,43)/t19-,21-,22?,24+,25?,27?/m0/s1. The van der Waals surface area contributed by atoms with Gasteiger partial charge in [-0.25, -0.2) is 4.98 Å². The van der Waals surface area contributed by atoms with Gasteiger partial charge in [0.15, 0.2) is 0 Å². The number of likely N-dealkylation sites (tertiary alicyclic amines) is 1. The highest BCUT2D eigenvalue weighted by Crippen LogP contribution is 2.43. The number of aromatic nitrogens is 2. The Balaban J connectivity index is 1.53. The fourth-order valence-electron chi connectivity index (χ4n) is 6.54. The summed E-state index contributed by atoms with van der Waals surface area (Å²) in [5.74, 6) is -3.61. The van der Waals surface area contributed by atoms with Crippen LogP contribution in [0.3, 0.4) is 0 Å². The maximum Gasteiger partial charge on any atom is 0.289 e. The molecule has 0 bridgehead atoms. The normalized spacial score (nSPS) is 22.8. The van der Waals surface area contributed by atoms with E-state index in [0.717, 1.165) is 32.1 Å². The highest BCUT2D eigenvalue weighted by Gasteiger charge is 2.52. The van der Waals surface area contributed by atoms with Crippen molar-refractivity contribution in [2.24, 2.45) is 23.2 Å². The van der Waals surface area contributed by atoms with Crippen molar-refractivity contribution >= 4 is 35.3 Å². The summed E-state index contributed by atoms with van der Waals surface area (Å²) in [6, 6.07) is -3.79. The summed E-state index contributed by atoms with van der Waals surface area (Å²) in [6.45, 7) is 11.3. The minimum Gasteiger partial charge on any atom is -0.347 e. The van der Waals surface area contributed by atoms with Crippen LogP contribution in [0.5, 0.6) is 0 Å². The number of carbonyl (C=O) groups is 6. The molecule has 46 heavy (non-hydrogen) atoms. The molecule has 13 nitrogen and oxygen atoms in total. The molecular formula is C33H49N7O6. The first-order valence-corrected chi connectivity index (χ1v) is 16.6. The monoisotopic (exact) mass is 639 g/mol. The molecule has 4 N–H and O–H groups in total. The van der Waals surface area contributed by atoms with Gasteiger partial charge < -0.3 is 26.2 Å². The molecule has 0 spiro atoms. The summed E-state index contributed by atoms with van der Waals surface area (Å²) >= 11 is 0. The molecule has 0 aromatic carbocycles. The van der Waals surface area contributed by atoms with E-state index in [2.05, 4.69) is 31.2 Å². The smallest absolute Gasteiger partial charge is 0.289 e. The molecule has 6 atom stereocenters. The summed E-state index contributed by atoms with van der Waals surface area (Å²) in [4.78, 5) is 90.0. The molecular weight excluding hydrogens is 590 g/mol. The lowest BCUT2D eigenvalue weighted by Gasteiger charge is -2.37. The van der Waals surface area contributed by atoms with Gasteiger partial charge in [-0.05, 0) is 55.3 Å². The molecule has 252 valence electrons. The van der Waals surface area contributed by atoms with E-state index in [1.54, 1.807) is 18.7 Å². The van der Waals surface area contributed by atoms with Crippen molar-refractivity contribution in [2.75, 3.05) is 6.54 Å². The number of fused-ring (bicyclic) bond motifs is 1. The largest absolute Gasteiger partial charge is 0.347 e. The van der Waals surface area contributed by atoms with Crippen LogP contribution in [-0.4, -0.2) is 86.9 Å². The Bertz CT molecular complexity index is 1310. The van der Waals surface area contributed by atoms with Crippen LogP contribution in [0.4, 0.5) is 0 Å². The molecule has 1 saturated heterocycles. The van der Waals surface area contributed by atoms with Gasteiger partial charge in [-0.1, -0.05) is 54.4 Å². The van der Waals surface area contributed by atoms with E-state index in [1.807, 2.05) is 27.7 Å². The summed E-state index contributed by atoms with van der Waals surface area (Å²) in [5, 5.41) is 11.2. The summed E-state index contributed by atoms with van der Waals surface area (Å²) < 4.78 is 0. The predicted molar refractivity (Wildman–Crippen MR) is 169 cm³/mol. The van der Waals surface area contributed by atoms with Crippen molar-refractivity contribution in [1.82, 2.24) is 36.1 Å². The quantitative estimate of drug-likeness (QED) is 0.235. The van der Waals surface area contributed by atoms with E-state index in [-0.39, 0.29) is 29.5 Å². The van der Waals surface area contributed by atoms with Crippen molar-refractivity contribution < 1.29 is 28.8 Å². The predicted octanol–water partition coefficient (Wildman–Crippen LogP) is 1.52. The second-order valence-electron chi connectivity index (χ2n) is 14.3. The first-order valence-electron chi connectivity index (χ1n) is 16.6. The molecule has 1 aromatic rings. The maximum absolute atomic E-state index is 14.4. The van der Waals surface area contributed by atoms with Crippen molar-refractivity contribution in [1.29, 1.82) is 0 Å². The number of hydrogen-bond acceptors (Lipinski definition) is 8. The minimum absolute atomic E-state index is 0.0109. The number of nitrogens with one attached hydrogen (secondary N) is 4. The van der Waals surface area contributed by atoms with Gasteiger partial charge >= 0.3 is 0 Å². The third kappa shape index (κ3) is 8.27. The summed E-state index contributed by atoms with van der Waals surface area (Å²) in [5.41, 5.74) is -0.685. The van der Waals surface area contributed by atoms with Crippen LogP contribution < -0.4 is 21.3 Å². The molecule has 2 heterocycles. The molecule has 3 fully saturated rings. The number of nitrogens with zero attached hydrogens (tertiary/aromatic N) is 3. The van der Waals surface area contributed by atoms with Crippen LogP contribution in [0.25, 0.3) is 0 Å². The average molecular weight is 640 g/mol. The SMILES string of the molecule is CCCC(NC(=O)C1[C@H]2CCC[C@H]2CN1C(=O)C(NC(=O)[C@H](NC(=O)c1cnccn1)C(C)C)C(C)(C)C)C(=O)C(=O)NC1CC1. The van der Waals surface area contributed by atoms with E-state index < -0.39 is 64.9 Å². The van der Waals surface area contributed by atoms with Crippen LogP contribution in [0.1, 0.15) is 97.0 Å². The van der Waals surface area contributed by atoms with E-state index in [9.17, 15) is 28.8 Å². The highest BCUT2D eigenvalue weighted by atomic mass is 16.2. The topological polar surface area (TPSA) is 180 Å². The van der Waals surface area contributed by atoms with Crippen LogP contribution in [-0.2, 0) is 24.0 Å². The van der Waals surface area contributed by atoms with Crippen molar-refractivity contribution in [3.63, 3.8) is 0 Å². The van der Waals surface area contributed by atoms with Crippen molar-refractivity contribution in [3.05, 3.63) is 24.3 Å². The Morgan fingerprint density at radius 2 is 1.70 bits per heavy atom. The second-order valence-corrected chi connectivity index (χ2v) is 14.3. The first kappa shape index (κ1) is 35.0. The third-order valence-corrected chi connectivity index (χ3v) is 9.22. The van der Waals surface area contributed by atoms with Gasteiger partial charge in [0, 0.05) is 25.0 Å². The lowest BCUT2D eigenvalue weighted by atomic mass is 9.85. The van der Waals surface area contributed by atoms with Gasteiger partial charge in [0.1, 0.15) is 23.8 Å². The van der Waals surface area contributed by atoms with Gasteiger partial charge in [-0.15, -0.1) is 0 Å². The molecule has 2 saturated carbocycles. The van der Waals surface area contributed by atoms with Gasteiger partial charge in [0.05, 0.1) is 12.2 Å². The van der Waals surface area contributed by atoms with Crippen molar-refractivity contribution in [3.8, 4) is 0 Å². The van der Waals surface area contributed by atoms with E-state index in [4.69, 9.17) is 0 Å². The number of hydrogen-bond donors (Lipinski definition) is 4. The Morgan fingerprint density at radius 1 is 0.978 bits per heavy atom. The molecule has 5 amide bonds. The molecule has 3 unspecified atom stereocenters. The average Bonchev–Trinajstić information content (AvgIpc) is 3.57. The third-order valence-electron chi connectivity index (χ3n) is 9.22. The van der Waals surface area contributed by atoms with Crippen molar-refractivity contribution in [2.45, 2.75) is 117 Å². The van der Waals surface area contributed by atoms with E-state index in [0.29, 0.717) is 19.4 Å². The summed E-state index contributed by atoms with van der Waals surface area (Å²) in [7, 11) is 0. The summed E-state index contributed by atoms with van der Waals surface area (Å²) in [6.07, 6.45) is 9.25. The molecule has 1 aliphatic heterocycles. The van der Waals surface area contributed by atoms with Crippen LogP contribution in [0, 0.1) is 23.2 Å². The van der Waals surface area contributed by atoms with Crippen LogP contribution >= 0.6 is 0 Å². The molecule has 2 aliphatic carbocycles. The van der Waals surface area contributed by atoms with Gasteiger partial charge in [0.25, 0.3) is 11.8 Å². The highest BCUT2D eigenvalue weighted by molar-refractivity contribution is 6.38. The van der Waals surface area contributed by atoms with E-state index >= 15 is 0 Å². The Kier molecular flexibility index (Phi) is 11.2. The Hall–Kier alpha value is -3.90. The molecule has 1 aromatic heterocycles. The fraction of sp³-hybridized carbons (Fsp3) is 0.697. The Morgan fingerprint density at radius 3 is 2.28 bits per heavy atom. The number of carbonyl (C=O) groups excluding carboxylic acids is 6. The lowest BCUT2D eigenvalue weighted by molar-refractivity contribution is -0.146. The zero-order valence-electron chi connectivity index (χ0n) is 27.8. The van der Waals surface area contributed by atoms with Gasteiger partial charge in [-0.2, -0.15) is 0 Å². The van der Waals surface area contributed by atoms with Gasteiger partial charge in [0.2, 0.25) is 23.5 Å². The molecule has 0 radical (unpaired) electrons. The lowest BCUT2D eigenvalue weighted by Crippen LogP contribution is -2.62. The number of amides is 5. The zero-order valence-corrected chi connectivity index (χ0v) is 27.8. The molecule has 3 aliphatic rings. The maximum atomic E-state index is 14.4. The van der Waals surface area contributed by atoms with Crippen LogP contribution in [0.15, 0.2) is 18.6 Å². The van der Waals surface area contributed by atoms with Gasteiger partial charge in [-0.3, -0.25) is 33.8 Å². The number of ketones is 1. The van der Waals surface area contributed by atoms with E-state index in [1.165, 1.54) is 18.6 Å². The first-order chi connectivity index (χ1) is 21.7. The van der Waals surface area contributed by atoms with Crippen LogP contribution in [0.2, 0.25) is 0 Å². The second kappa shape index (κ2) is 14.7. The molecule has 13 heteroatoms. The zero-order chi connectivity index (χ0) is 33.8.